The van der Waals surface area contributed by atoms with Gasteiger partial charge in [0.15, 0.2) is 5.75 Å². The number of rotatable bonds is 2. The zero-order chi connectivity index (χ0) is 11.6. The van der Waals surface area contributed by atoms with Crippen LogP contribution in [0, 0.1) is 6.92 Å². The van der Waals surface area contributed by atoms with Crippen LogP contribution in [0.15, 0.2) is 6.07 Å². The highest BCUT2D eigenvalue weighted by Crippen LogP contribution is 2.31. The average Bonchev–Trinajstić information content (AvgIpc) is 2.08. The summed E-state index contributed by atoms with van der Waals surface area (Å²) < 4.78 is 39.7. The largest absolute Gasteiger partial charge is 0.573 e. The third kappa shape index (κ3) is 3.26. The Kier molecular flexibility index (Phi) is 3.43. The smallest absolute Gasteiger partial charge is 0.403 e. The fourth-order valence-corrected chi connectivity index (χ4v) is 1.45. The van der Waals surface area contributed by atoms with Crippen LogP contribution in [0.1, 0.15) is 11.4 Å². The zero-order valence-corrected chi connectivity index (χ0v) is 9.32. The molecule has 7 heteroatoms. The van der Waals surface area contributed by atoms with Crippen molar-refractivity contribution in [2.45, 2.75) is 18.6 Å². The molecule has 0 saturated heterocycles. The van der Waals surface area contributed by atoms with Crippen LogP contribution < -0.4 is 10.5 Å². The van der Waals surface area contributed by atoms with E-state index in [1.165, 1.54) is 0 Å². The van der Waals surface area contributed by atoms with Crippen LogP contribution in [0.4, 0.5) is 18.9 Å². The second-order valence-electron chi connectivity index (χ2n) is 2.80. The second kappa shape index (κ2) is 4.26. The molecule has 0 aliphatic heterocycles. The summed E-state index contributed by atoms with van der Waals surface area (Å²) in [5.74, 6) is -0.413. The minimum Gasteiger partial charge on any atom is -0.403 e. The van der Waals surface area contributed by atoms with Crippen LogP contribution in [0.3, 0.4) is 0 Å². The van der Waals surface area contributed by atoms with E-state index in [2.05, 4.69) is 25.7 Å². The van der Waals surface area contributed by atoms with Gasteiger partial charge < -0.3 is 10.5 Å². The molecule has 3 nitrogen and oxygen atoms in total. The number of hydrogen-bond acceptors (Lipinski definition) is 3. The quantitative estimate of drug-likeness (QED) is 0.850. The van der Waals surface area contributed by atoms with Crippen LogP contribution >= 0.6 is 15.9 Å². The molecule has 1 rings (SSSR count). The molecular formula is C8H8BrF3N2O. The van der Waals surface area contributed by atoms with E-state index in [-0.39, 0.29) is 11.0 Å². The molecule has 0 spiro atoms. The van der Waals surface area contributed by atoms with Crippen molar-refractivity contribution in [3.63, 3.8) is 0 Å². The molecule has 1 aromatic heterocycles. The summed E-state index contributed by atoms with van der Waals surface area (Å²) in [7, 11) is 0. The van der Waals surface area contributed by atoms with E-state index in [1.54, 1.807) is 6.92 Å². The van der Waals surface area contributed by atoms with Crippen molar-refractivity contribution in [2.24, 2.45) is 0 Å². The Balaban J connectivity index is 3.12. The number of anilines is 1. The number of nitrogen functional groups attached to an aromatic ring is 1. The minimum atomic E-state index is -4.74. The molecule has 0 fully saturated rings. The highest BCUT2D eigenvalue weighted by atomic mass is 79.9. The summed E-state index contributed by atoms with van der Waals surface area (Å²) >= 11 is 3.08. The Labute approximate surface area is 92.6 Å². The number of ether oxygens (including phenoxy) is 1. The number of aryl methyl sites for hydroxylation is 1. The third-order valence-corrected chi connectivity index (χ3v) is 2.11. The van der Waals surface area contributed by atoms with Gasteiger partial charge in [-0.3, -0.25) is 4.98 Å². The van der Waals surface area contributed by atoms with Crippen LogP contribution in [-0.2, 0) is 5.33 Å². The Hall–Kier alpha value is -0.980. The molecule has 1 heterocycles. The third-order valence-electron chi connectivity index (χ3n) is 1.58. The molecule has 0 aliphatic carbocycles. The Morgan fingerprint density at radius 3 is 2.60 bits per heavy atom. The van der Waals surface area contributed by atoms with Crippen molar-refractivity contribution in [2.75, 3.05) is 5.73 Å². The molecule has 0 radical (unpaired) electrons. The first-order chi connectivity index (χ1) is 6.83. The standard InChI is InChI=1S/C8H8BrF3N2O/c1-4-2-6(15-8(10,11)12)7(13)5(3-9)14-4/h2H,3,13H2,1H3. The van der Waals surface area contributed by atoms with Gasteiger partial charge in [0.1, 0.15) is 0 Å². The first kappa shape index (κ1) is 12.1. The van der Waals surface area contributed by atoms with E-state index in [1.807, 2.05) is 0 Å². The zero-order valence-electron chi connectivity index (χ0n) is 7.73. The van der Waals surface area contributed by atoms with E-state index < -0.39 is 12.1 Å². The Morgan fingerprint density at radius 2 is 2.13 bits per heavy atom. The molecule has 0 unspecified atom stereocenters. The lowest BCUT2D eigenvalue weighted by atomic mass is 10.2. The lowest BCUT2D eigenvalue weighted by molar-refractivity contribution is -0.274. The first-order valence-electron chi connectivity index (χ1n) is 3.91. The highest BCUT2D eigenvalue weighted by molar-refractivity contribution is 9.08. The van der Waals surface area contributed by atoms with E-state index >= 15 is 0 Å². The summed E-state index contributed by atoms with van der Waals surface area (Å²) in [6.45, 7) is 1.56. The molecule has 0 atom stereocenters. The van der Waals surface area contributed by atoms with Gasteiger partial charge in [-0.1, -0.05) is 15.9 Å². The molecule has 84 valence electrons. The average molecular weight is 285 g/mol. The van der Waals surface area contributed by atoms with Crippen molar-refractivity contribution in [3.8, 4) is 5.75 Å². The van der Waals surface area contributed by atoms with Crippen molar-refractivity contribution >= 4 is 21.6 Å². The van der Waals surface area contributed by atoms with E-state index in [4.69, 9.17) is 5.73 Å². The molecule has 0 aromatic carbocycles. The molecule has 0 aliphatic rings. The van der Waals surface area contributed by atoms with E-state index in [0.717, 1.165) is 6.07 Å². The Bertz CT molecular complexity index is 368. The van der Waals surface area contributed by atoms with Crippen LogP contribution in [0.5, 0.6) is 5.75 Å². The van der Waals surface area contributed by atoms with Gasteiger partial charge in [0.2, 0.25) is 0 Å². The topological polar surface area (TPSA) is 48.1 Å². The summed E-state index contributed by atoms with van der Waals surface area (Å²) in [5.41, 5.74) is 6.09. The van der Waals surface area contributed by atoms with Crippen molar-refractivity contribution in [1.29, 1.82) is 0 Å². The van der Waals surface area contributed by atoms with E-state index in [9.17, 15) is 13.2 Å². The molecule has 0 bridgehead atoms. The van der Waals surface area contributed by atoms with Crippen molar-refractivity contribution in [1.82, 2.24) is 4.98 Å². The van der Waals surface area contributed by atoms with Gasteiger partial charge >= 0.3 is 6.36 Å². The first-order valence-corrected chi connectivity index (χ1v) is 5.03. The molecule has 1 aromatic rings. The minimum absolute atomic E-state index is 0.102. The van der Waals surface area contributed by atoms with Gasteiger partial charge in [0.05, 0.1) is 11.4 Å². The lowest BCUT2D eigenvalue weighted by Gasteiger charge is -2.13. The van der Waals surface area contributed by atoms with Crippen LogP contribution in [0.25, 0.3) is 0 Å². The lowest BCUT2D eigenvalue weighted by Crippen LogP contribution is -2.18. The van der Waals surface area contributed by atoms with Gasteiger partial charge in [-0.2, -0.15) is 0 Å². The number of aromatic nitrogens is 1. The number of halogens is 4. The maximum absolute atomic E-state index is 12.0. The summed E-state index contributed by atoms with van der Waals surface area (Å²) in [6, 6.07) is 1.15. The predicted octanol–water partition coefficient (Wildman–Crippen LogP) is 2.77. The SMILES string of the molecule is Cc1cc(OC(F)(F)F)c(N)c(CBr)n1. The second-order valence-corrected chi connectivity index (χ2v) is 3.36. The summed E-state index contributed by atoms with van der Waals surface area (Å²) in [6.07, 6.45) is -4.74. The summed E-state index contributed by atoms with van der Waals surface area (Å²) in [4.78, 5) is 3.96. The molecule has 2 N–H and O–H groups in total. The molecule has 15 heavy (non-hydrogen) atoms. The number of nitrogens with zero attached hydrogens (tertiary/aromatic N) is 1. The van der Waals surface area contributed by atoms with Crippen LogP contribution in [-0.4, -0.2) is 11.3 Å². The van der Waals surface area contributed by atoms with Gasteiger partial charge in [-0.05, 0) is 6.92 Å². The number of nitrogens with two attached hydrogens (primary N) is 1. The van der Waals surface area contributed by atoms with Crippen LogP contribution in [0.2, 0.25) is 0 Å². The van der Waals surface area contributed by atoms with E-state index in [0.29, 0.717) is 11.4 Å². The molecular weight excluding hydrogens is 277 g/mol. The number of hydrogen-bond donors (Lipinski definition) is 1. The number of pyridine rings is 1. The van der Waals surface area contributed by atoms with Crippen molar-refractivity contribution in [3.05, 3.63) is 17.5 Å². The van der Waals surface area contributed by atoms with Gasteiger partial charge in [0, 0.05) is 17.1 Å². The van der Waals surface area contributed by atoms with Gasteiger partial charge in [-0.15, -0.1) is 13.2 Å². The fourth-order valence-electron chi connectivity index (χ4n) is 1.03. The summed E-state index contributed by atoms with van der Waals surface area (Å²) in [5, 5.41) is 0.273. The maximum Gasteiger partial charge on any atom is 0.573 e. The monoisotopic (exact) mass is 284 g/mol. The molecule has 0 amide bonds. The van der Waals surface area contributed by atoms with Gasteiger partial charge in [0.25, 0.3) is 0 Å². The number of alkyl halides is 4. The van der Waals surface area contributed by atoms with Crippen molar-refractivity contribution < 1.29 is 17.9 Å². The normalized spacial score (nSPS) is 11.5. The predicted molar refractivity (Wildman–Crippen MR) is 52.7 cm³/mol. The maximum atomic E-state index is 12.0. The highest BCUT2D eigenvalue weighted by Gasteiger charge is 2.32. The van der Waals surface area contributed by atoms with Gasteiger partial charge in [-0.25, -0.2) is 0 Å². The molecule has 0 saturated carbocycles. The fraction of sp³-hybridized carbons (Fsp3) is 0.375. The Morgan fingerprint density at radius 1 is 1.53 bits per heavy atom.